The Morgan fingerprint density at radius 2 is 2.25 bits per heavy atom. The average molecular weight is 271 g/mol. The fourth-order valence-corrected chi connectivity index (χ4v) is 2.30. The lowest BCUT2D eigenvalue weighted by Crippen LogP contribution is -1.98. The first kappa shape index (κ1) is 12.4. The summed E-state index contributed by atoms with van der Waals surface area (Å²) in [7, 11) is 1.68. The van der Waals surface area contributed by atoms with Crippen LogP contribution < -0.4 is 10.1 Å². The van der Waals surface area contributed by atoms with Gasteiger partial charge in [0.15, 0.2) is 0 Å². The number of pyridine rings is 1. The molecule has 0 bridgehead atoms. The molecule has 0 unspecified atom stereocenters. The molecule has 2 aromatic rings. The molecule has 1 N–H and O–H groups in total. The Labute approximate surface area is 115 Å². The third-order valence-electron chi connectivity index (χ3n) is 3.27. The molecular weight excluding hydrogens is 258 g/mol. The van der Waals surface area contributed by atoms with Crippen molar-refractivity contribution in [1.82, 2.24) is 4.98 Å². The quantitative estimate of drug-likeness (QED) is 0.686. The summed E-state index contributed by atoms with van der Waals surface area (Å²) in [5.74, 6) is 1.24. The normalized spacial score (nSPS) is 12.7. The minimum atomic E-state index is -0.421. The lowest BCUT2D eigenvalue weighted by Gasteiger charge is -2.09. The van der Waals surface area contributed by atoms with E-state index in [9.17, 15) is 10.1 Å². The predicted molar refractivity (Wildman–Crippen MR) is 75.1 cm³/mol. The monoisotopic (exact) mass is 271 g/mol. The molecule has 0 amide bonds. The van der Waals surface area contributed by atoms with Gasteiger partial charge in [-0.1, -0.05) is 12.1 Å². The third-order valence-corrected chi connectivity index (χ3v) is 3.27. The van der Waals surface area contributed by atoms with Gasteiger partial charge < -0.3 is 10.1 Å². The van der Waals surface area contributed by atoms with Crippen molar-refractivity contribution < 1.29 is 9.66 Å². The van der Waals surface area contributed by atoms with Crippen molar-refractivity contribution in [3.05, 3.63) is 46.0 Å². The van der Waals surface area contributed by atoms with Crippen molar-refractivity contribution in [2.24, 2.45) is 0 Å². The van der Waals surface area contributed by atoms with Crippen LogP contribution in [0.1, 0.15) is 5.56 Å². The second kappa shape index (κ2) is 4.80. The first-order valence-corrected chi connectivity index (χ1v) is 6.28. The summed E-state index contributed by atoms with van der Waals surface area (Å²) in [6.45, 7) is 0.639. The number of hydrogen-bond donors (Lipinski definition) is 1. The van der Waals surface area contributed by atoms with Gasteiger partial charge in [0.25, 0.3) is 5.69 Å². The molecule has 0 fully saturated rings. The summed E-state index contributed by atoms with van der Waals surface area (Å²) in [5.41, 5.74) is 2.46. The topological polar surface area (TPSA) is 77.3 Å². The van der Waals surface area contributed by atoms with Crippen molar-refractivity contribution in [3.8, 4) is 17.0 Å². The van der Waals surface area contributed by atoms with Crippen molar-refractivity contribution in [3.63, 3.8) is 0 Å². The molecule has 1 aliphatic rings. The summed E-state index contributed by atoms with van der Waals surface area (Å²) in [4.78, 5) is 15.0. The molecule has 0 spiro atoms. The van der Waals surface area contributed by atoms with Crippen molar-refractivity contribution >= 4 is 11.5 Å². The van der Waals surface area contributed by atoms with Gasteiger partial charge in [0, 0.05) is 25.1 Å². The standard InChI is InChI=1S/C14H13N3O3/c1-15-13-8-10(17(18)19)7-12(16-13)11-4-2-3-9-5-6-20-14(9)11/h2-4,7-8H,5-6H2,1H3,(H,15,16). The Hall–Kier alpha value is -2.63. The van der Waals surface area contributed by atoms with Crippen LogP contribution in [0.5, 0.6) is 5.75 Å². The maximum Gasteiger partial charge on any atom is 0.275 e. The molecule has 3 rings (SSSR count). The number of rotatable bonds is 3. The highest BCUT2D eigenvalue weighted by Gasteiger charge is 2.20. The van der Waals surface area contributed by atoms with E-state index in [1.807, 2.05) is 18.2 Å². The average Bonchev–Trinajstić information content (AvgIpc) is 2.94. The van der Waals surface area contributed by atoms with E-state index < -0.39 is 4.92 Å². The highest BCUT2D eigenvalue weighted by molar-refractivity contribution is 5.73. The van der Waals surface area contributed by atoms with Crippen LogP contribution in [-0.4, -0.2) is 23.6 Å². The second-order valence-corrected chi connectivity index (χ2v) is 4.50. The summed E-state index contributed by atoms with van der Waals surface area (Å²) in [6.07, 6.45) is 0.858. The summed E-state index contributed by atoms with van der Waals surface area (Å²) in [6, 6.07) is 8.67. The van der Waals surface area contributed by atoms with Gasteiger partial charge in [0.2, 0.25) is 0 Å². The highest BCUT2D eigenvalue weighted by Crippen LogP contribution is 2.37. The fraction of sp³-hybridized carbons (Fsp3) is 0.214. The SMILES string of the molecule is CNc1cc([N+](=O)[O-])cc(-c2cccc3c2OCC3)n1. The molecule has 2 heterocycles. The molecule has 20 heavy (non-hydrogen) atoms. The van der Waals surface area contributed by atoms with Gasteiger partial charge in [-0.3, -0.25) is 10.1 Å². The van der Waals surface area contributed by atoms with E-state index in [0.717, 1.165) is 23.3 Å². The summed E-state index contributed by atoms with van der Waals surface area (Å²) in [5, 5.41) is 13.8. The Kier molecular flexibility index (Phi) is 2.98. The molecule has 1 aromatic heterocycles. The Morgan fingerprint density at radius 1 is 1.40 bits per heavy atom. The summed E-state index contributed by atoms with van der Waals surface area (Å²) >= 11 is 0. The van der Waals surface area contributed by atoms with E-state index in [4.69, 9.17) is 4.74 Å². The minimum absolute atomic E-state index is 0.00921. The maximum atomic E-state index is 11.0. The third kappa shape index (κ3) is 2.05. The molecule has 0 saturated carbocycles. The molecule has 1 aliphatic heterocycles. The van der Waals surface area contributed by atoms with Gasteiger partial charge in [-0.25, -0.2) is 4.98 Å². The van der Waals surface area contributed by atoms with Gasteiger partial charge in [0.1, 0.15) is 11.6 Å². The van der Waals surface area contributed by atoms with Gasteiger partial charge in [-0.15, -0.1) is 0 Å². The number of aromatic nitrogens is 1. The highest BCUT2D eigenvalue weighted by atomic mass is 16.6. The number of fused-ring (bicyclic) bond motifs is 1. The molecule has 6 heteroatoms. The Bertz CT molecular complexity index is 685. The number of nitro groups is 1. The van der Waals surface area contributed by atoms with E-state index in [1.165, 1.54) is 12.1 Å². The van der Waals surface area contributed by atoms with Crippen LogP contribution >= 0.6 is 0 Å². The molecule has 0 aliphatic carbocycles. The van der Waals surface area contributed by atoms with E-state index in [-0.39, 0.29) is 5.69 Å². The lowest BCUT2D eigenvalue weighted by atomic mass is 10.0. The second-order valence-electron chi connectivity index (χ2n) is 4.50. The van der Waals surface area contributed by atoms with Gasteiger partial charge in [-0.2, -0.15) is 0 Å². The largest absolute Gasteiger partial charge is 0.492 e. The zero-order valence-electron chi connectivity index (χ0n) is 10.9. The van der Waals surface area contributed by atoms with Crippen LogP contribution in [0.25, 0.3) is 11.3 Å². The van der Waals surface area contributed by atoms with Gasteiger partial charge in [-0.05, 0) is 11.6 Å². The molecular formula is C14H13N3O3. The van der Waals surface area contributed by atoms with Crippen LogP contribution in [-0.2, 0) is 6.42 Å². The van der Waals surface area contributed by atoms with E-state index >= 15 is 0 Å². The molecule has 0 radical (unpaired) electrons. The van der Waals surface area contributed by atoms with E-state index in [2.05, 4.69) is 10.3 Å². The van der Waals surface area contributed by atoms with Gasteiger partial charge in [0.05, 0.1) is 23.3 Å². The molecule has 102 valence electrons. The first-order chi connectivity index (χ1) is 9.69. The van der Waals surface area contributed by atoms with Crippen LogP contribution in [0.4, 0.5) is 11.5 Å². The number of para-hydroxylation sites is 1. The summed E-state index contributed by atoms with van der Waals surface area (Å²) < 4.78 is 5.63. The van der Waals surface area contributed by atoms with Crippen LogP contribution in [0.15, 0.2) is 30.3 Å². The van der Waals surface area contributed by atoms with Gasteiger partial charge >= 0.3 is 0 Å². The number of hydrogen-bond acceptors (Lipinski definition) is 5. The predicted octanol–water partition coefficient (Wildman–Crippen LogP) is 2.63. The number of anilines is 1. The maximum absolute atomic E-state index is 11.0. The molecule has 0 saturated heterocycles. The zero-order chi connectivity index (χ0) is 14.1. The van der Waals surface area contributed by atoms with Crippen LogP contribution in [0.3, 0.4) is 0 Å². The van der Waals surface area contributed by atoms with Crippen LogP contribution in [0.2, 0.25) is 0 Å². The molecule has 6 nitrogen and oxygen atoms in total. The van der Waals surface area contributed by atoms with Crippen molar-refractivity contribution in [2.75, 3.05) is 19.0 Å². The number of nitrogens with one attached hydrogen (secondary N) is 1. The number of benzene rings is 1. The van der Waals surface area contributed by atoms with E-state index in [0.29, 0.717) is 18.1 Å². The lowest BCUT2D eigenvalue weighted by molar-refractivity contribution is -0.384. The van der Waals surface area contributed by atoms with E-state index in [1.54, 1.807) is 7.05 Å². The zero-order valence-corrected chi connectivity index (χ0v) is 10.9. The smallest absolute Gasteiger partial charge is 0.275 e. The molecule has 0 atom stereocenters. The number of ether oxygens (including phenoxy) is 1. The Balaban J connectivity index is 2.17. The van der Waals surface area contributed by atoms with Crippen molar-refractivity contribution in [1.29, 1.82) is 0 Å². The Morgan fingerprint density at radius 3 is 3.00 bits per heavy atom. The van der Waals surface area contributed by atoms with Crippen LogP contribution in [0, 0.1) is 10.1 Å². The fourth-order valence-electron chi connectivity index (χ4n) is 2.30. The molecule has 1 aromatic carbocycles. The minimum Gasteiger partial charge on any atom is -0.492 e. The van der Waals surface area contributed by atoms with Crippen molar-refractivity contribution in [2.45, 2.75) is 6.42 Å². The number of nitrogens with zero attached hydrogens (tertiary/aromatic N) is 2. The first-order valence-electron chi connectivity index (χ1n) is 6.28.